The molecule has 1 unspecified atom stereocenters. The Morgan fingerprint density at radius 3 is 3.00 bits per heavy atom. The van der Waals surface area contributed by atoms with Gasteiger partial charge in [-0.3, -0.25) is 9.89 Å². The summed E-state index contributed by atoms with van der Waals surface area (Å²) >= 11 is 0. The minimum absolute atomic E-state index is 0.0541. The lowest BCUT2D eigenvalue weighted by Gasteiger charge is -2.33. The number of H-pyrrole nitrogens is 1. The highest BCUT2D eigenvalue weighted by atomic mass is 16.2. The van der Waals surface area contributed by atoms with Crippen molar-refractivity contribution < 1.29 is 4.79 Å². The zero-order chi connectivity index (χ0) is 15.1. The largest absolute Gasteiger partial charge is 0.306 e. The van der Waals surface area contributed by atoms with E-state index in [1.165, 1.54) is 12.0 Å². The molecule has 1 amide bonds. The molecule has 1 aromatic heterocycles. The lowest BCUT2D eigenvalue weighted by atomic mass is 9.92. The number of aromatic nitrogens is 2. The minimum atomic E-state index is 0.0541. The first-order valence-corrected chi connectivity index (χ1v) is 8.20. The molecule has 0 radical (unpaired) electrons. The summed E-state index contributed by atoms with van der Waals surface area (Å²) in [5, 5.41) is 7.44. The summed E-state index contributed by atoms with van der Waals surface area (Å²) in [4.78, 5) is 15.0. The van der Waals surface area contributed by atoms with E-state index in [-0.39, 0.29) is 5.91 Å². The van der Waals surface area contributed by atoms with Gasteiger partial charge in [0.1, 0.15) is 0 Å². The normalized spacial score (nSPS) is 20.4. The second-order valence-electron chi connectivity index (χ2n) is 6.59. The number of rotatable bonds is 1. The number of hydrogen-bond donors (Lipinski definition) is 1. The molecule has 2 heterocycles. The van der Waals surface area contributed by atoms with Gasteiger partial charge in [-0.25, -0.2) is 0 Å². The van der Waals surface area contributed by atoms with E-state index in [0.717, 1.165) is 49.2 Å². The summed E-state index contributed by atoms with van der Waals surface area (Å²) < 4.78 is 0. The number of carbonyl (C=O) groups excluding carboxylic acids is 1. The fourth-order valence-electron chi connectivity index (χ4n) is 3.77. The number of hydrogen-bond acceptors (Lipinski definition) is 2. The number of nitrogens with one attached hydrogen (secondary N) is 1. The van der Waals surface area contributed by atoms with E-state index in [0.29, 0.717) is 11.6 Å². The van der Waals surface area contributed by atoms with E-state index in [2.05, 4.69) is 35.3 Å². The van der Waals surface area contributed by atoms with Crippen LogP contribution >= 0.6 is 0 Å². The summed E-state index contributed by atoms with van der Waals surface area (Å²) in [5.74, 6) is 0.534. The molecule has 1 atom stereocenters. The highest BCUT2D eigenvalue weighted by Gasteiger charge is 2.30. The van der Waals surface area contributed by atoms with Gasteiger partial charge in [-0.05, 0) is 49.7 Å². The first-order chi connectivity index (χ1) is 10.7. The Labute approximate surface area is 130 Å². The molecule has 114 valence electrons. The summed E-state index contributed by atoms with van der Waals surface area (Å²) in [6, 6.07) is 8.24. The van der Waals surface area contributed by atoms with Crippen LogP contribution in [0.3, 0.4) is 0 Å². The molecule has 2 aliphatic rings. The zero-order valence-corrected chi connectivity index (χ0v) is 12.9. The van der Waals surface area contributed by atoms with Gasteiger partial charge in [0, 0.05) is 23.5 Å². The van der Waals surface area contributed by atoms with Gasteiger partial charge >= 0.3 is 0 Å². The minimum Gasteiger partial charge on any atom is -0.306 e. The van der Waals surface area contributed by atoms with Gasteiger partial charge in [-0.15, -0.1) is 0 Å². The molecule has 0 saturated heterocycles. The summed E-state index contributed by atoms with van der Waals surface area (Å²) in [5.41, 5.74) is 5.26. The lowest BCUT2D eigenvalue weighted by molar-refractivity contribution is 0.0975. The summed E-state index contributed by atoms with van der Waals surface area (Å²) in [6.45, 7) is 2.98. The maximum Gasteiger partial charge on any atom is 0.279 e. The number of amides is 1. The highest BCUT2D eigenvalue weighted by molar-refractivity contribution is 6.06. The molecule has 0 spiro atoms. The van der Waals surface area contributed by atoms with E-state index in [9.17, 15) is 4.79 Å². The first-order valence-electron chi connectivity index (χ1n) is 8.20. The Morgan fingerprint density at radius 2 is 2.09 bits per heavy atom. The first kappa shape index (κ1) is 13.6. The standard InChI is InChI=1S/C18H21N3O/c1-12-10-13-6-2-5-9-16(13)21(11-12)18(22)17-14-7-3-4-8-15(14)19-20-17/h2,5-6,9,12H,3-4,7-8,10-11H2,1H3,(H,19,20). The van der Waals surface area contributed by atoms with Crippen molar-refractivity contribution in [3.8, 4) is 0 Å². The fourth-order valence-corrected chi connectivity index (χ4v) is 3.77. The van der Waals surface area contributed by atoms with Crippen molar-refractivity contribution in [2.45, 2.75) is 39.0 Å². The Morgan fingerprint density at radius 1 is 1.27 bits per heavy atom. The average Bonchev–Trinajstić information content (AvgIpc) is 2.97. The Bertz CT molecular complexity index is 719. The topological polar surface area (TPSA) is 49.0 Å². The Hall–Kier alpha value is -2.10. The van der Waals surface area contributed by atoms with Crippen LogP contribution in [-0.2, 0) is 19.3 Å². The maximum absolute atomic E-state index is 13.1. The van der Waals surface area contributed by atoms with Crippen molar-refractivity contribution in [2.75, 3.05) is 11.4 Å². The van der Waals surface area contributed by atoms with Crippen molar-refractivity contribution in [3.05, 3.63) is 46.8 Å². The number of aryl methyl sites for hydroxylation is 1. The van der Waals surface area contributed by atoms with Crippen molar-refractivity contribution in [3.63, 3.8) is 0 Å². The van der Waals surface area contributed by atoms with Crippen molar-refractivity contribution >= 4 is 11.6 Å². The number of carbonyl (C=O) groups is 1. The monoisotopic (exact) mass is 295 g/mol. The van der Waals surface area contributed by atoms with E-state index < -0.39 is 0 Å². The fraction of sp³-hybridized carbons (Fsp3) is 0.444. The molecule has 0 fully saturated rings. The van der Waals surface area contributed by atoms with Crippen LogP contribution in [0.25, 0.3) is 0 Å². The molecule has 4 nitrogen and oxygen atoms in total. The van der Waals surface area contributed by atoms with Gasteiger partial charge in [0.15, 0.2) is 5.69 Å². The third kappa shape index (κ3) is 2.14. The van der Waals surface area contributed by atoms with Crippen molar-refractivity contribution in [1.82, 2.24) is 10.2 Å². The second-order valence-corrected chi connectivity index (χ2v) is 6.59. The molecule has 0 saturated carbocycles. The highest BCUT2D eigenvalue weighted by Crippen LogP contribution is 2.32. The predicted molar refractivity (Wildman–Crippen MR) is 86.2 cm³/mol. The van der Waals surface area contributed by atoms with Crippen LogP contribution in [-0.4, -0.2) is 22.6 Å². The molecule has 22 heavy (non-hydrogen) atoms. The van der Waals surface area contributed by atoms with Gasteiger partial charge in [0.05, 0.1) is 0 Å². The van der Waals surface area contributed by atoms with Gasteiger partial charge in [-0.1, -0.05) is 25.1 Å². The van der Waals surface area contributed by atoms with Crippen LogP contribution in [0.15, 0.2) is 24.3 Å². The van der Waals surface area contributed by atoms with E-state index >= 15 is 0 Å². The van der Waals surface area contributed by atoms with Crippen LogP contribution in [0.2, 0.25) is 0 Å². The molecule has 4 rings (SSSR count). The Kier molecular flexibility index (Phi) is 3.25. The van der Waals surface area contributed by atoms with Crippen LogP contribution < -0.4 is 4.90 Å². The summed E-state index contributed by atoms with van der Waals surface area (Å²) in [7, 11) is 0. The van der Waals surface area contributed by atoms with Crippen LogP contribution in [0.5, 0.6) is 0 Å². The molecule has 1 aliphatic carbocycles. The number of fused-ring (bicyclic) bond motifs is 2. The molecule has 1 aromatic carbocycles. The van der Waals surface area contributed by atoms with Gasteiger partial charge in [0.2, 0.25) is 0 Å². The number of anilines is 1. The molecule has 2 aromatic rings. The average molecular weight is 295 g/mol. The van der Waals surface area contributed by atoms with E-state index in [1.807, 2.05) is 11.0 Å². The van der Waals surface area contributed by atoms with Crippen LogP contribution in [0, 0.1) is 5.92 Å². The number of aromatic amines is 1. The van der Waals surface area contributed by atoms with E-state index in [1.54, 1.807) is 0 Å². The molecule has 1 N–H and O–H groups in total. The van der Waals surface area contributed by atoms with Gasteiger partial charge in [0.25, 0.3) is 5.91 Å². The number of benzene rings is 1. The molecular weight excluding hydrogens is 274 g/mol. The van der Waals surface area contributed by atoms with Gasteiger partial charge in [-0.2, -0.15) is 5.10 Å². The third-order valence-corrected chi connectivity index (χ3v) is 4.85. The smallest absolute Gasteiger partial charge is 0.279 e. The lowest BCUT2D eigenvalue weighted by Crippen LogP contribution is -2.39. The molecule has 4 heteroatoms. The predicted octanol–water partition coefficient (Wildman–Crippen LogP) is 3.13. The number of para-hydroxylation sites is 1. The SMILES string of the molecule is CC1Cc2ccccc2N(C(=O)c2n[nH]c3c2CCCC3)C1. The second kappa shape index (κ2) is 5.27. The molecule has 1 aliphatic heterocycles. The quantitative estimate of drug-likeness (QED) is 0.878. The Balaban J connectivity index is 1.73. The van der Waals surface area contributed by atoms with Crippen molar-refractivity contribution in [2.24, 2.45) is 5.92 Å². The third-order valence-electron chi connectivity index (χ3n) is 4.85. The zero-order valence-electron chi connectivity index (χ0n) is 12.9. The molecule has 0 bridgehead atoms. The van der Waals surface area contributed by atoms with Crippen LogP contribution in [0.4, 0.5) is 5.69 Å². The molecular formula is C18H21N3O. The maximum atomic E-state index is 13.1. The van der Waals surface area contributed by atoms with Crippen molar-refractivity contribution in [1.29, 1.82) is 0 Å². The summed E-state index contributed by atoms with van der Waals surface area (Å²) in [6.07, 6.45) is 5.37. The van der Waals surface area contributed by atoms with Crippen LogP contribution in [0.1, 0.15) is 47.1 Å². The van der Waals surface area contributed by atoms with Gasteiger partial charge < -0.3 is 4.90 Å². The number of nitrogens with zero attached hydrogens (tertiary/aromatic N) is 2. The van der Waals surface area contributed by atoms with E-state index in [4.69, 9.17) is 0 Å².